The highest BCUT2D eigenvalue weighted by Crippen LogP contribution is 2.45. The predicted molar refractivity (Wildman–Crippen MR) is 123 cm³/mol. The molecule has 1 heterocycles. The van der Waals surface area contributed by atoms with Crippen LogP contribution in [0.15, 0.2) is 47.1 Å². The van der Waals surface area contributed by atoms with E-state index in [1.165, 1.54) is 12.3 Å². The van der Waals surface area contributed by atoms with E-state index in [-0.39, 0.29) is 24.1 Å². The summed E-state index contributed by atoms with van der Waals surface area (Å²) in [6, 6.07) is 10.3. The Kier molecular flexibility index (Phi) is 8.14. The molecule has 0 aliphatic heterocycles. The first kappa shape index (κ1) is 24.4. The molecule has 1 aromatic carbocycles. The molecule has 0 saturated heterocycles. The summed E-state index contributed by atoms with van der Waals surface area (Å²) in [4.78, 5) is 40.8. The van der Waals surface area contributed by atoms with Gasteiger partial charge in [-0.3, -0.25) is 14.4 Å². The highest BCUT2D eigenvalue weighted by molar-refractivity contribution is 5.96. The van der Waals surface area contributed by atoms with Crippen molar-refractivity contribution in [1.29, 1.82) is 0 Å². The average Bonchev–Trinajstić information content (AvgIpc) is 3.55. The molecular formula is C25H33N3O5. The van der Waals surface area contributed by atoms with Crippen LogP contribution in [0.5, 0.6) is 5.75 Å². The summed E-state index contributed by atoms with van der Waals surface area (Å²) in [5, 5.41) is 2.62. The van der Waals surface area contributed by atoms with Gasteiger partial charge in [0.15, 0.2) is 5.76 Å². The van der Waals surface area contributed by atoms with E-state index in [4.69, 9.17) is 14.9 Å². The van der Waals surface area contributed by atoms with Gasteiger partial charge in [0.25, 0.3) is 5.91 Å². The third-order valence-corrected chi connectivity index (χ3v) is 6.46. The molecule has 1 unspecified atom stereocenters. The van der Waals surface area contributed by atoms with Gasteiger partial charge in [0.2, 0.25) is 11.8 Å². The topological polar surface area (TPSA) is 115 Å². The summed E-state index contributed by atoms with van der Waals surface area (Å²) in [6.45, 7) is 2.12. The van der Waals surface area contributed by atoms with E-state index in [2.05, 4.69) is 5.32 Å². The maximum Gasteiger partial charge on any atom is 0.287 e. The van der Waals surface area contributed by atoms with Crippen molar-refractivity contribution in [3.05, 3.63) is 54.0 Å². The fourth-order valence-electron chi connectivity index (χ4n) is 4.84. The Morgan fingerprint density at radius 2 is 1.88 bits per heavy atom. The van der Waals surface area contributed by atoms with E-state index in [9.17, 15) is 14.4 Å². The molecule has 33 heavy (non-hydrogen) atoms. The first-order valence-electron chi connectivity index (χ1n) is 11.5. The van der Waals surface area contributed by atoms with Crippen molar-refractivity contribution in [2.45, 2.75) is 51.0 Å². The van der Waals surface area contributed by atoms with E-state index >= 15 is 0 Å². The number of hydrogen-bond acceptors (Lipinski definition) is 5. The van der Waals surface area contributed by atoms with Crippen LogP contribution in [-0.2, 0) is 15.1 Å². The molecule has 1 aromatic heterocycles. The molecule has 0 spiro atoms. The van der Waals surface area contributed by atoms with Gasteiger partial charge in [-0.05, 0) is 55.0 Å². The van der Waals surface area contributed by atoms with Crippen molar-refractivity contribution in [3.63, 3.8) is 0 Å². The maximum atomic E-state index is 13.6. The summed E-state index contributed by atoms with van der Waals surface area (Å²) in [7, 11) is 1.58. The van der Waals surface area contributed by atoms with Crippen LogP contribution >= 0.6 is 0 Å². The lowest BCUT2D eigenvalue weighted by atomic mass is 9.74. The minimum atomic E-state index is -1.30. The second kappa shape index (κ2) is 11.0. The van der Waals surface area contributed by atoms with Crippen LogP contribution in [0.3, 0.4) is 0 Å². The van der Waals surface area contributed by atoms with Gasteiger partial charge in [0.1, 0.15) is 11.3 Å². The number of carbonyl (C=O) groups is 3. The van der Waals surface area contributed by atoms with E-state index in [1.54, 1.807) is 30.2 Å². The molecule has 1 atom stereocenters. The number of hydrogen-bond donors (Lipinski definition) is 2. The van der Waals surface area contributed by atoms with Crippen molar-refractivity contribution in [2.24, 2.45) is 11.7 Å². The zero-order chi connectivity index (χ0) is 23.8. The zero-order valence-electron chi connectivity index (χ0n) is 19.3. The molecule has 3 rings (SSSR count). The number of nitrogens with two attached hydrogens (primary N) is 1. The number of nitrogens with zero attached hydrogens (tertiary/aromatic N) is 1. The van der Waals surface area contributed by atoms with Crippen molar-refractivity contribution < 1.29 is 23.5 Å². The molecule has 178 valence electrons. The number of carbonyl (C=O) groups excluding carboxylic acids is 3. The summed E-state index contributed by atoms with van der Waals surface area (Å²) in [5.41, 5.74) is 5.50. The quantitative estimate of drug-likeness (QED) is 0.540. The minimum Gasteiger partial charge on any atom is -0.497 e. The van der Waals surface area contributed by atoms with Crippen molar-refractivity contribution in [3.8, 4) is 5.75 Å². The van der Waals surface area contributed by atoms with E-state index in [1.807, 2.05) is 19.1 Å². The number of primary amides is 1. The Balaban J connectivity index is 2.00. The van der Waals surface area contributed by atoms with Gasteiger partial charge in [-0.25, -0.2) is 0 Å². The second-order valence-electron chi connectivity index (χ2n) is 8.40. The largest absolute Gasteiger partial charge is 0.497 e. The number of unbranched alkanes of at least 4 members (excludes halogenated alkanes) is 1. The molecule has 1 fully saturated rings. The highest BCUT2D eigenvalue weighted by Gasteiger charge is 2.52. The van der Waals surface area contributed by atoms with Gasteiger partial charge in [0.05, 0.1) is 19.9 Å². The highest BCUT2D eigenvalue weighted by atomic mass is 16.5. The van der Waals surface area contributed by atoms with Crippen LogP contribution in [0.4, 0.5) is 0 Å². The average molecular weight is 456 g/mol. The Labute approximate surface area is 194 Å². The molecule has 3 N–H and O–H groups in total. The molecular weight excluding hydrogens is 422 g/mol. The van der Waals surface area contributed by atoms with E-state index in [0.717, 1.165) is 32.1 Å². The molecule has 8 nitrogen and oxygen atoms in total. The lowest BCUT2D eigenvalue weighted by Gasteiger charge is -2.46. The summed E-state index contributed by atoms with van der Waals surface area (Å²) in [5.74, 6) is -0.731. The number of benzene rings is 1. The first-order chi connectivity index (χ1) is 15.9. The summed E-state index contributed by atoms with van der Waals surface area (Å²) < 4.78 is 10.4. The Morgan fingerprint density at radius 1 is 1.18 bits per heavy atom. The van der Waals surface area contributed by atoms with Gasteiger partial charge >= 0.3 is 0 Å². The third kappa shape index (κ3) is 5.05. The van der Waals surface area contributed by atoms with Crippen LogP contribution in [0.25, 0.3) is 0 Å². The van der Waals surface area contributed by atoms with Crippen molar-refractivity contribution in [1.82, 2.24) is 10.2 Å². The maximum absolute atomic E-state index is 13.6. The number of nitrogens with one attached hydrogen (secondary N) is 1. The van der Waals surface area contributed by atoms with Crippen molar-refractivity contribution in [2.75, 3.05) is 20.2 Å². The van der Waals surface area contributed by atoms with Gasteiger partial charge in [-0.2, -0.15) is 0 Å². The van der Waals surface area contributed by atoms with Gasteiger partial charge in [0, 0.05) is 6.54 Å². The standard InChI is InChI=1S/C25H33N3O5/c1-3-4-15-28(22(29)17-27-23(30)21-10-7-16-33-21)25(24(26)31,18-8-5-6-9-18)19-11-13-20(32-2)14-12-19/h7,10-14,16,18H,3-6,8-9,15,17H2,1-2H3,(H2,26,31)(H,27,30). The van der Waals surface area contributed by atoms with Crippen LogP contribution in [0, 0.1) is 5.92 Å². The predicted octanol–water partition coefficient (Wildman–Crippen LogP) is 3.22. The Bertz CT molecular complexity index is 935. The fourth-order valence-corrected chi connectivity index (χ4v) is 4.84. The van der Waals surface area contributed by atoms with Crippen molar-refractivity contribution >= 4 is 17.7 Å². The van der Waals surface area contributed by atoms with Gasteiger partial charge < -0.3 is 25.1 Å². The number of rotatable bonds is 11. The zero-order valence-corrected chi connectivity index (χ0v) is 19.3. The normalized spacial score (nSPS) is 15.6. The van der Waals surface area contributed by atoms with Gasteiger partial charge in [-0.15, -0.1) is 0 Å². The fraction of sp³-hybridized carbons (Fsp3) is 0.480. The number of ether oxygens (including phenoxy) is 1. The molecule has 8 heteroatoms. The Hall–Kier alpha value is -3.29. The molecule has 1 aliphatic rings. The molecule has 1 saturated carbocycles. The lowest BCUT2D eigenvalue weighted by molar-refractivity contribution is -0.151. The van der Waals surface area contributed by atoms with E-state index in [0.29, 0.717) is 24.3 Å². The molecule has 2 aromatic rings. The van der Waals surface area contributed by atoms with Gasteiger partial charge in [-0.1, -0.05) is 38.3 Å². The van der Waals surface area contributed by atoms with Crippen LogP contribution in [0.1, 0.15) is 61.6 Å². The molecule has 0 radical (unpaired) electrons. The third-order valence-electron chi connectivity index (χ3n) is 6.46. The summed E-state index contributed by atoms with van der Waals surface area (Å²) in [6.07, 6.45) is 6.47. The minimum absolute atomic E-state index is 0.107. The van der Waals surface area contributed by atoms with E-state index < -0.39 is 17.4 Å². The number of furan rings is 1. The van der Waals surface area contributed by atoms with Crippen LogP contribution in [-0.4, -0.2) is 42.8 Å². The smallest absolute Gasteiger partial charge is 0.287 e. The monoisotopic (exact) mass is 455 g/mol. The molecule has 0 bridgehead atoms. The first-order valence-corrected chi connectivity index (χ1v) is 11.5. The summed E-state index contributed by atoms with van der Waals surface area (Å²) >= 11 is 0. The molecule has 1 aliphatic carbocycles. The number of methoxy groups -OCH3 is 1. The SMILES string of the molecule is CCCCN(C(=O)CNC(=O)c1ccco1)C(C(N)=O)(c1ccc(OC)cc1)C1CCCC1. The second-order valence-corrected chi connectivity index (χ2v) is 8.40. The Morgan fingerprint density at radius 3 is 2.42 bits per heavy atom. The van der Waals surface area contributed by atoms with Crippen LogP contribution < -0.4 is 15.8 Å². The lowest BCUT2D eigenvalue weighted by Crippen LogP contribution is -2.62. The molecule has 3 amide bonds. The number of amides is 3. The van der Waals surface area contributed by atoms with Crippen LogP contribution in [0.2, 0.25) is 0 Å².